The lowest BCUT2D eigenvalue weighted by molar-refractivity contribution is -0.384. The van der Waals surface area contributed by atoms with Crippen molar-refractivity contribution in [1.82, 2.24) is 9.80 Å². The van der Waals surface area contributed by atoms with Crippen LogP contribution in [0.25, 0.3) is 6.08 Å². The predicted molar refractivity (Wildman–Crippen MR) is 116 cm³/mol. The normalized spacial score (nSPS) is 31.9. The molecule has 1 aliphatic heterocycles. The Morgan fingerprint density at radius 1 is 0.968 bits per heavy atom. The fraction of sp³-hybridized carbons (Fsp3) is 0.583. The van der Waals surface area contributed by atoms with E-state index in [1.165, 1.54) is 37.5 Å². The molecule has 2 amide bonds. The van der Waals surface area contributed by atoms with Crippen LogP contribution >= 0.6 is 0 Å². The molecule has 7 heteroatoms. The summed E-state index contributed by atoms with van der Waals surface area (Å²) in [5.41, 5.74) is 0.507. The Labute approximate surface area is 182 Å². The number of carbonyl (C=O) groups excluding carboxylic acids is 2. The highest BCUT2D eigenvalue weighted by Crippen LogP contribution is 2.60. The first-order chi connectivity index (χ1) is 14.9. The quantitative estimate of drug-likeness (QED) is 0.422. The summed E-state index contributed by atoms with van der Waals surface area (Å²) in [5.74, 6) is 2.46. The van der Waals surface area contributed by atoms with Crippen LogP contribution in [0.3, 0.4) is 0 Å². The van der Waals surface area contributed by atoms with Crippen molar-refractivity contribution in [1.29, 1.82) is 0 Å². The van der Waals surface area contributed by atoms with E-state index >= 15 is 0 Å². The number of nitro groups is 1. The molecule has 31 heavy (non-hydrogen) atoms. The van der Waals surface area contributed by atoms with E-state index < -0.39 is 4.92 Å². The summed E-state index contributed by atoms with van der Waals surface area (Å²) in [6.07, 6.45) is 10.3. The van der Waals surface area contributed by atoms with E-state index in [9.17, 15) is 19.7 Å². The van der Waals surface area contributed by atoms with Crippen molar-refractivity contribution in [2.24, 2.45) is 23.2 Å². The summed E-state index contributed by atoms with van der Waals surface area (Å²) < 4.78 is 0. The van der Waals surface area contributed by atoms with Gasteiger partial charge >= 0.3 is 0 Å². The Morgan fingerprint density at radius 2 is 1.55 bits per heavy atom. The Kier molecular flexibility index (Phi) is 5.07. The maximum Gasteiger partial charge on any atom is 0.270 e. The van der Waals surface area contributed by atoms with Gasteiger partial charge in [-0.1, -0.05) is 12.1 Å². The van der Waals surface area contributed by atoms with E-state index in [2.05, 4.69) is 0 Å². The summed E-state index contributed by atoms with van der Waals surface area (Å²) in [5, 5.41) is 10.9. The minimum absolute atomic E-state index is 0.00593. The molecule has 0 atom stereocenters. The minimum Gasteiger partial charge on any atom is -0.339 e. The second-order valence-electron chi connectivity index (χ2n) is 10.0. The molecular formula is C24H29N3O4. The van der Waals surface area contributed by atoms with Gasteiger partial charge in [0.05, 0.1) is 10.3 Å². The first kappa shape index (κ1) is 20.2. The van der Waals surface area contributed by atoms with E-state index in [-0.39, 0.29) is 17.0 Å². The van der Waals surface area contributed by atoms with Crippen molar-refractivity contribution in [3.05, 3.63) is 46.0 Å². The average Bonchev–Trinajstić information content (AvgIpc) is 2.76. The maximum atomic E-state index is 13.5. The number of hydrogen-bond acceptors (Lipinski definition) is 4. The third kappa shape index (κ3) is 3.86. The van der Waals surface area contributed by atoms with E-state index in [0.29, 0.717) is 37.6 Å². The number of hydrogen-bond donors (Lipinski definition) is 0. The molecule has 4 aliphatic carbocycles. The first-order valence-electron chi connectivity index (χ1n) is 11.4. The van der Waals surface area contributed by atoms with Crippen molar-refractivity contribution in [3.63, 3.8) is 0 Å². The van der Waals surface area contributed by atoms with Crippen LogP contribution in [-0.2, 0) is 9.59 Å². The molecule has 0 spiro atoms. The average molecular weight is 424 g/mol. The third-order valence-corrected chi connectivity index (χ3v) is 7.87. The highest BCUT2D eigenvalue weighted by atomic mass is 16.6. The smallest absolute Gasteiger partial charge is 0.270 e. The zero-order valence-corrected chi connectivity index (χ0v) is 17.7. The summed E-state index contributed by atoms with van der Waals surface area (Å²) in [6, 6.07) is 6.22. The van der Waals surface area contributed by atoms with Gasteiger partial charge in [0, 0.05) is 44.4 Å². The zero-order valence-electron chi connectivity index (χ0n) is 17.7. The molecule has 0 N–H and O–H groups in total. The molecule has 164 valence electrons. The molecule has 4 bridgehead atoms. The van der Waals surface area contributed by atoms with Gasteiger partial charge in [-0.2, -0.15) is 0 Å². The highest BCUT2D eigenvalue weighted by molar-refractivity contribution is 5.92. The molecule has 7 nitrogen and oxygen atoms in total. The number of amides is 2. The maximum absolute atomic E-state index is 13.5. The van der Waals surface area contributed by atoms with Crippen LogP contribution in [0.5, 0.6) is 0 Å². The molecule has 0 radical (unpaired) electrons. The lowest BCUT2D eigenvalue weighted by Gasteiger charge is -2.57. The molecule has 1 aromatic rings. The van der Waals surface area contributed by atoms with Gasteiger partial charge in [0.1, 0.15) is 0 Å². The standard InChI is InChI=1S/C24H29N3O4/c28-22(5-4-17-2-1-3-21(13-17)27(30)31)25-6-8-26(9-7-25)23(29)24-14-18-10-19(15-24)12-20(11-18)16-24/h1-5,13,18-20H,6-12,14-16H2/b5-4+. The summed E-state index contributed by atoms with van der Waals surface area (Å²) in [7, 11) is 0. The number of carbonyl (C=O) groups is 2. The van der Waals surface area contributed by atoms with Gasteiger partial charge in [0.15, 0.2) is 0 Å². The first-order valence-corrected chi connectivity index (χ1v) is 11.4. The number of nitro benzene ring substituents is 1. The number of benzene rings is 1. The number of non-ortho nitro benzene ring substituents is 1. The molecule has 5 fully saturated rings. The molecule has 1 aromatic carbocycles. The fourth-order valence-electron chi connectivity index (χ4n) is 6.85. The minimum atomic E-state index is -0.445. The molecule has 4 saturated carbocycles. The van der Waals surface area contributed by atoms with Gasteiger partial charge in [-0.25, -0.2) is 0 Å². The number of piperazine rings is 1. The topological polar surface area (TPSA) is 83.8 Å². The van der Waals surface area contributed by atoms with Gasteiger partial charge in [0.25, 0.3) is 5.69 Å². The van der Waals surface area contributed by atoms with Crippen LogP contribution in [0.15, 0.2) is 30.3 Å². The molecule has 0 aromatic heterocycles. The number of nitrogens with zero attached hydrogens (tertiary/aromatic N) is 3. The van der Waals surface area contributed by atoms with Crippen molar-refractivity contribution in [3.8, 4) is 0 Å². The predicted octanol–water partition coefficient (Wildman–Crippen LogP) is 3.50. The Balaban J connectivity index is 1.18. The van der Waals surface area contributed by atoms with Gasteiger partial charge < -0.3 is 9.80 Å². The van der Waals surface area contributed by atoms with Crippen LogP contribution in [-0.4, -0.2) is 52.7 Å². The summed E-state index contributed by atoms with van der Waals surface area (Å²) >= 11 is 0. The van der Waals surface area contributed by atoms with Crippen LogP contribution in [0.4, 0.5) is 5.69 Å². The number of rotatable bonds is 4. The largest absolute Gasteiger partial charge is 0.339 e. The Morgan fingerprint density at radius 3 is 2.13 bits per heavy atom. The monoisotopic (exact) mass is 423 g/mol. The zero-order chi connectivity index (χ0) is 21.6. The lowest BCUT2D eigenvalue weighted by atomic mass is 9.49. The van der Waals surface area contributed by atoms with E-state index in [1.54, 1.807) is 23.1 Å². The second kappa shape index (κ2) is 7.77. The Bertz CT molecular complexity index is 897. The highest BCUT2D eigenvalue weighted by Gasteiger charge is 2.55. The van der Waals surface area contributed by atoms with Gasteiger partial charge in [-0.05, 0) is 67.9 Å². The fourth-order valence-corrected chi connectivity index (χ4v) is 6.85. The van der Waals surface area contributed by atoms with Crippen LogP contribution in [0.2, 0.25) is 0 Å². The summed E-state index contributed by atoms with van der Waals surface area (Å²) in [4.78, 5) is 40.3. The molecule has 5 aliphatic rings. The van der Waals surface area contributed by atoms with Crippen molar-refractivity contribution >= 4 is 23.6 Å². The van der Waals surface area contributed by atoms with Crippen molar-refractivity contribution < 1.29 is 14.5 Å². The van der Waals surface area contributed by atoms with E-state index in [1.807, 2.05) is 4.90 Å². The van der Waals surface area contributed by atoms with Crippen molar-refractivity contribution in [2.75, 3.05) is 26.2 Å². The molecule has 0 unspecified atom stereocenters. The second-order valence-corrected chi connectivity index (χ2v) is 10.0. The molecular weight excluding hydrogens is 394 g/mol. The summed E-state index contributed by atoms with van der Waals surface area (Å²) in [6.45, 7) is 2.26. The molecule has 1 saturated heterocycles. The Hall–Kier alpha value is -2.70. The van der Waals surface area contributed by atoms with Gasteiger partial charge in [-0.15, -0.1) is 0 Å². The van der Waals surface area contributed by atoms with Gasteiger partial charge in [-0.3, -0.25) is 19.7 Å². The molecule has 1 heterocycles. The third-order valence-electron chi connectivity index (χ3n) is 7.87. The van der Waals surface area contributed by atoms with Crippen molar-refractivity contribution in [2.45, 2.75) is 38.5 Å². The van der Waals surface area contributed by atoms with E-state index in [4.69, 9.17) is 0 Å². The van der Waals surface area contributed by atoms with Gasteiger partial charge in [0.2, 0.25) is 11.8 Å². The van der Waals surface area contributed by atoms with E-state index in [0.717, 1.165) is 37.0 Å². The van der Waals surface area contributed by atoms with Crippen LogP contribution in [0.1, 0.15) is 44.1 Å². The molecule has 6 rings (SSSR count). The lowest BCUT2D eigenvalue weighted by Crippen LogP contribution is -2.58. The van der Waals surface area contributed by atoms with Crippen LogP contribution < -0.4 is 0 Å². The SMILES string of the molecule is O=C(/C=C/c1cccc([N+](=O)[O-])c1)N1CCN(C(=O)C23CC4CC(CC(C4)C2)C3)CC1. The van der Waals surface area contributed by atoms with Crippen LogP contribution in [0, 0.1) is 33.3 Å².